The standard InChI is InChI=1S/C12H14O4/c1-6-3-8(5-13)9-4-7(2)16-12(15)10(9)11(6)14/h3,7,13-14H,4-5H2,1-2H3/t7-/m1/s1. The summed E-state index contributed by atoms with van der Waals surface area (Å²) in [7, 11) is 0. The number of hydrogen-bond donors (Lipinski definition) is 2. The van der Waals surface area contributed by atoms with Crippen molar-refractivity contribution in [2.45, 2.75) is 33.0 Å². The van der Waals surface area contributed by atoms with Gasteiger partial charge in [-0.2, -0.15) is 0 Å². The molecule has 1 aromatic rings. The molecular formula is C12H14O4. The molecule has 1 aliphatic heterocycles. The Labute approximate surface area is 93.5 Å². The molecule has 1 atom stereocenters. The Morgan fingerprint density at radius 2 is 2.25 bits per heavy atom. The van der Waals surface area contributed by atoms with Gasteiger partial charge in [-0.25, -0.2) is 4.79 Å². The Bertz CT molecular complexity index is 451. The zero-order valence-corrected chi connectivity index (χ0v) is 9.28. The van der Waals surface area contributed by atoms with Gasteiger partial charge >= 0.3 is 5.97 Å². The van der Waals surface area contributed by atoms with Crippen molar-refractivity contribution in [3.63, 3.8) is 0 Å². The molecule has 0 spiro atoms. The minimum absolute atomic E-state index is 0.0379. The summed E-state index contributed by atoms with van der Waals surface area (Å²) in [5, 5.41) is 19.1. The molecule has 2 N–H and O–H groups in total. The number of ether oxygens (including phenoxy) is 1. The molecule has 0 bridgehead atoms. The van der Waals surface area contributed by atoms with Gasteiger partial charge in [0.25, 0.3) is 0 Å². The number of phenols is 1. The van der Waals surface area contributed by atoms with Crippen molar-refractivity contribution in [2.24, 2.45) is 0 Å². The van der Waals surface area contributed by atoms with Crippen molar-refractivity contribution >= 4 is 5.97 Å². The van der Waals surface area contributed by atoms with Crippen LogP contribution in [0.2, 0.25) is 0 Å². The summed E-state index contributed by atoms with van der Waals surface area (Å²) in [6, 6.07) is 1.71. The van der Waals surface area contributed by atoms with Crippen molar-refractivity contribution < 1.29 is 19.7 Å². The fourth-order valence-electron chi connectivity index (χ4n) is 2.08. The fourth-order valence-corrected chi connectivity index (χ4v) is 2.08. The van der Waals surface area contributed by atoms with Gasteiger partial charge in [0, 0.05) is 6.42 Å². The molecule has 4 nitrogen and oxygen atoms in total. The van der Waals surface area contributed by atoms with E-state index in [4.69, 9.17) is 4.74 Å². The molecule has 1 aromatic carbocycles. The molecule has 0 saturated carbocycles. The number of aromatic hydroxyl groups is 1. The van der Waals surface area contributed by atoms with Crippen LogP contribution in [0.5, 0.6) is 5.75 Å². The number of fused-ring (bicyclic) bond motifs is 1. The normalized spacial score (nSPS) is 19.2. The first-order chi connectivity index (χ1) is 7.54. The molecule has 0 amide bonds. The van der Waals surface area contributed by atoms with E-state index in [1.165, 1.54) is 0 Å². The molecule has 2 rings (SSSR count). The minimum atomic E-state index is -0.510. The highest BCUT2D eigenvalue weighted by atomic mass is 16.5. The second-order valence-corrected chi connectivity index (χ2v) is 4.13. The maximum Gasteiger partial charge on any atom is 0.342 e. The van der Waals surface area contributed by atoms with Gasteiger partial charge in [0.1, 0.15) is 17.4 Å². The van der Waals surface area contributed by atoms with Crippen LogP contribution in [0.3, 0.4) is 0 Å². The topological polar surface area (TPSA) is 66.8 Å². The summed E-state index contributed by atoms with van der Waals surface area (Å²) >= 11 is 0. The number of phenolic OH excluding ortho intramolecular Hbond substituents is 1. The van der Waals surface area contributed by atoms with Crippen LogP contribution < -0.4 is 0 Å². The molecule has 0 aromatic heterocycles. The predicted octanol–water partition coefficient (Wildman–Crippen LogP) is 1.29. The van der Waals surface area contributed by atoms with Gasteiger partial charge in [0.15, 0.2) is 0 Å². The summed E-state index contributed by atoms with van der Waals surface area (Å²) in [6.07, 6.45) is 0.317. The van der Waals surface area contributed by atoms with Crippen molar-refractivity contribution in [3.05, 3.63) is 28.3 Å². The summed E-state index contributed by atoms with van der Waals surface area (Å²) in [4.78, 5) is 11.7. The Kier molecular flexibility index (Phi) is 2.59. The first-order valence-corrected chi connectivity index (χ1v) is 5.20. The van der Waals surface area contributed by atoms with E-state index in [0.717, 1.165) is 0 Å². The highest BCUT2D eigenvalue weighted by Crippen LogP contribution is 2.33. The maximum atomic E-state index is 11.7. The third-order valence-corrected chi connectivity index (χ3v) is 2.86. The van der Waals surface area contributed by atoms with E-state index in [-0.39, 0.29) is 24.0 Å². The zero-order valence-electron chi connectivity index (χ0n) is 9.28. The van der Waals surface area contributed by atoms with Crippen LogP contribution in [-0.4, -0.2) is 22.3 Å². The van der Waals surface area contributed by atoms with Crippen LogP contribution in [0.15, 0.2) is 6.07 Å². The first-order valence-electron chi connectivity index (χ1n) is 5.20. The van der Waals surface area contributed by atoms with Gasteiger partial charge in [-0.05, 0) is 36.6 Å². The van der Waals surface area contributed by atoms with Gasteiger partial charge in [0.2, 0.25) is 0 Å². The van der Waals surface area contributed by atoms with E-state index >= 15 is 0 Å². The van der Waals surface area contributed by atoms with Gasteiger partial charge < -0.3 is 14.9 Å². The maximum absolute atomic E-state index is 11.7. The second-order valence-electron chi connectivity index (χ2n) is 4.13. The number of carbonyl (C=O) groups excluding carboxylic acids is 1. The molecule has 0 saturated heterocycles. The zero-order chi connectivity index (χ0) is 11.9. The van der Waals surface area contributed by atoms with Crippen LogP contribution >= 0.6 is 0 Å². The fraction of sp³-hybridized carbons (Fsp3) is 0.417. The number of rotatable bonds is 1. The molecule has 0 fully saturated rings. The summed E-state index contributed by atoms with van der Waals surface area (Å²) in [5.74, 6) is -0.547. The predicted molar refractivity (Wildman–Crippen MR) is 57.3 cm³/mol. The quantitative estimate of drug-likeness (QED) is 0.703. The number of aliphatic hydroxyl groups excluding tert-OH is 1. The molecule has 1 heterocycles. The van der Waals surface area contributed by atoms with Crippen molar-refractivity contribution in [2.75, 3.05) is 0 Å². The van der Waals surface area contributed by atoms with E-state index in [0.29, 0.717) is 23.1 Å². The Hall–Kier alpha value is -1.55. The minimum Gasteiger partial charge on any atom is -0.507 e. The average Bonchev–Trinajstić information content (AvgIpc) is 2.22. The van der Waals surface area contributed by atoms with E-state index in [1.807, 2.05) is 0 Å². The van der Waals surface area contributed by atoms with Crippen molar-refractivity contribution in [3.8, 4) is 5.75 Å². The van der Waals surface area contributed by atoms with E-state index < -0.39 is 5.97 Å². The van der Waals surface area contributed by atoms with Gasteiger partial charge in [-0.1, -0.05) is 0 Å². The van der Waals surface area contributed by atoms with Crippen LogP contribution in [0.1, 0.15) is 34.0 Å². The monoisotopic (exact) mass is 222 g/mol. The lowest BCUT2D eigenvalue weighted by Crippen LogP contribution is -2.26. The van der Waals surface area contributed by atoms with E-state index in [9.17, 15) is 15.0 Å². The van der Waals surface area contributed by atoms with E-state index in [2.05, 4.69) is 0 Å². The highest BCUT2D eigenvalue weighted by molar-refractivity contribution is 5.96. The molecule has 0 unspecified atom stereocenters. The molecule has 4 heteroatoms. The van der Waals surface area contributed by atoms with Gasteiger partial charge in [-0.3, -0.25) is 0 Å². The number of aryl methyl sites for hydroxylation is 1. The SMILES string of the molecule is Cc1cc(CO)c2c(c1O)C(=O)O[C@H](C)C2. The molecule has 0 radical (unpaired) electrons. The van der Waals surface area contributed by atoms with Crippen LogP contribution in [0.25, 0.3) is 0 Å². The van der Waals surface area contributed by atoms with Crippen LogP contribution in [-0.2, 0) is 17.8 Å². The largest absolute Gasteiger partial charge is 0.507 e. The first kappa shape index (κ1) is 11.0. The number of hydrogen-bond acceptors (Lipinski definition) is 4. The summed E-state index contributed by atoms with van der Waals surface area (Å²) < 4.78 is 5.07. The number of carbonyl (C=O) groups is 1. The third-order valence-electron chi connectivity index (χ3n) is 2.86. The third kappa shape index (κ3) is 1.55. The number of aliphatic hydroxyl groups is 1. The molecular weight excluding hydrogens is 208 g/mol. The van der Waals surface area contributed by atoms with Crippen LogP contribution in [0.4, 0.5) is 0 Å². The van der Waals surface area contributed by atoms with E-state index in [1.54, 1.807) is 19.9 Å². The smallest absolute Gasteiger partial charge is 0.342 e. The lowest BCUT2D eigenvalue weighted by Gasteiger charge is -2.25. The lowest BCUT2D eigenvalue weighted by molar-refractivity contribution is 0.0295. The average molecular weight is 222 g/mol. The van der Waals surface area contributed by atoms with Gasteiger partial charge in [-0.15, -0.1) is 0 Å². The Morgan fingerprint density at radius 1 is 1.56 bits per heavy atom. The summed E-state index contributed by atoms with van der Waals surface area (Å²) in [6.45, 7) is 3.35. The molecule has 86 valence electrons. The second kappa shape index (κ2) is 3.79. The Balaban J connectivity index is 2.68. The van der Waals surface area contributed by atoms with Crippen molar-refractivity contribution in [1.82, 2.24) is 0 Å². The Morgan fingerprint density at radius 3 is 2.88 bits per heavy atom. The molecule has 16 heavy (non-hydrogen) atoms. The highest BCUT2D eigenvalue weighted by Gasteiger charge is 2.29. The molecule has 0 aliphatic carbocycles. The number of esters is 1. The van der Waals surface area contributed by atoms with Crippen molar-refractivity contribution in [1.29, 1.82) is 0 Å². The number of cyclic esters (lactones) is 1. The van der Waals surface area contributed by atoms with Crippen LogP contribution in [0, 0.1) is 6.92 Å². The molecule has 1 aliphatic rings. The van der Waals surface area contributed by atoms with Gasteiger partial charge in [0.05, 0.1) is 6.61 Å². The lowest BCUT2D eigenvalue weighted by atomic mass is 9.91. The summed E-state index contributed by atoms with van der Waals surface area (Å²) in [5.41, 5.74) is 2.18. The number of benzene rings is 1.